The van der Waals surface area contributed by atoms with Gasteiger partial charge in [0.15, 0.2) is 11.8 Å². The number of morpholine rings is 1. The third kappa shape index (κ3) is 5.57. The molecular weight excluding hydrogens is 538 g/mol. The molecule has 1 saturated carbocycles. The number of nitrogens with one attached hydrogen (secondary N) is 2. The number of halogens is 1. The Hall–Kier alpha value is -4.21. The number of rotatable bonds is 6. The van der Waals surface area contributed by atoms with Gasteiger partial charge in [-0.15, -0.1) is 0 Å². The summed E-state index contributed by atoms with van der Waals surface area (Å²) in [4.78, 5) is 57.6. The molecule has 13 heteroatoms. The van der Waals surface area contributed by atoms with Crippen molar-refractivity contribution in [3.8, 4) is 6.07 Å². The molecule has 2 aliphatic rings. The van der Waals surface area contributed by atoms with Crippen molar-refractivity contribution < 1.29 is 14.3 Å². The summed E-state index contributed by atoms with van der Waals surface area (Å²) in [5.41, 5.74) is 0.540. The third-order valence-corrected chi connectivity index (χ3v) is 7.22. The van der Waals surface area contributed by atoms with E-state index in [2.05, 4.69) is 15.6 Å². The summed E-state index contributed by atoms with van der Waals surface area (Å²) in [5.74, 6) is -0.156. The Balaban J connectivity index is 1.32. The molecule has 0 spiro atoms. The molecule has 40 heavy (non-hydrogen) atoms. The minimum Gasteiger partial charge on any atom is -0.365 e. The van der Waals surface area contributed by atoms with E-state index in [1.54, 1.807) is 22.8 Å². The molecule has 1 saturated heterocycles. The minimum atomic E-state index is -0.944. The van der Waals surface area contributed by atoms with E-state index >= 15 is 0 Å². The average molecular weight is 566 g/mol. The van der Waals surface area contributed by atoms with Crippen LogP contribution in [0.3, 0.4) is 0 Å². The van der Waals surface area contributed by atoms with Crippen LogP contribution in [0.25, 0.3) is 10.9 Å². The standard InChI is InChI=1S/C27H28ClN7O5/c1-15(2)35-22-6-5-17(9-19(22)25(37)34(27(35)39)13-16-3-4-16)32-26(38)33-7-8-40-23(14-33)24(36)31-18-10-20(28)21(11-29)30-12-18/h5-6,9-10,12,15-16,23H,3-4,7-8,13-14H2,1-2H3,(H,31,36)(H,32,38). The number of hydrogen-bond donors (Lipinski definition) is 2. The number of aromatic nitrogens is 3. The smallest absolute Gasteiger partial charge is 0.331 e. The second kappa shape index (κ2) is 11.1. The van der Waals surface area contributed by atoms with Crippen LogP contribution in [0.1, 0.15) is 38.4 Å². The predicted octanol–water partition coefficient (Wildman–Crippen LogP) is 2.95. The molecule has 3 amide bonds. The number of benzene rings is 1. The summed E-state index contributed by atoms with van der Waals surface area (Å²) in [6.45, 7) is 4.55. The van der Waals surface area contributed by atoms with E-state index in [1.165, 1.54) is 21.7 Å². The van der Waals surface area contributed by atoms with Gasteiger partial charge in [0.1, 0.15) is 6.07 Å². The summed E-state index contributed by atoms with van der Waals surface area (Å²) in [6.07, 6.45) is 2.37. The lowest BCUT2D eigenvalue weighted by Crippen LogP contribution is -2.51. The van der Waals surface area contributed by atoms with Crippen LogP contribution in [-0.2, 0) is 16.1 Å². The normalized spacial score (nSPS) is 17.1. The van der Waals surface area contributed by atoms with E-state index in [-0.39, 0.29) is 47.7 Å². The van der Waals surface area contributed by atoms with Crippen molar-refractivity contribution in [1.82, 2.24) is 19.0 Å². The van der Waals surface area contributed by atoms with Gasteiger partial charge < -0.3 is 20.3 Å². The fourth-order valence-corrected chi connectivity index (χ4v) is 4.89. The monoisotopic (exact) mass is 565 g/mol. The van der Waals surface area contributed by atoms with Crippen LogP contribution >= 0.6 is 11.6 Å². The quantitative estimate of drug-likeness (QED) is 0.466. The van der Waals surface area contributed by atoms with E-state index in [1.807, 2.05) is 19.9 Å². The number of nitrogens with zero attached hydrogens (tertiary/aromatic N) is 5. The summed E-state index contributed by atoms with van der Waals surface area (Å²) in [5, 5.41) is 14.9. The van der Waals surface area contributed by atoms with Gasteiger partial charge in [0.05, 0.1) is 41.0 Å². The fraction of sp³-hybridized carbons (Fsp3) is 0.407. The van der Waals surface area contributed by atoms with E-state index in [4.69, 9.17) is 21.6 Å². The van der Waals surface area contributed by atoms with Gasteiger partial charge in [0, 0.05) is 24.8 Å². The number of anilines is 2. The highest BCUT2D eigenvalue weighted by Crippen LogP contribution is 2.30. The Labute approximate surface area is 234 Å². The lowest BCUT2D eigenvalue weighted by molar-refractivity contribution is -0.131. The first kappa shape index (κ1) is 27.4. The highest BCUT2D eigenvalue weighted by atomic mass is 35.5. The number of carbonyl (C=O) groups excluding carboxylic acids is 2. The topological polar surface area (TPSA) is 151 Å². The Morgan fingerprint density at radius 1 is 1.20 bits per heavy atom. The number of fused-ring (bicyclic) bond motifs is 1. The van der Waals surface area contributed by atoms with E-state index in [0.29, 0.717) is 34.7 Å². The van der Waals surface area contributed by atoms with Crippen LogP contribution in [0.5, 0.6) is 0 Å². The predicted molar refractivity (Wildman–Crippen MR) is 149 cm³/mol. The molecule has 0 bridgehead atoms. The van der Waals surface area contributed by atoms with Crippen molar-refractivity contribution in [2.45, 2.75) is 45.4 Å². The van der Waals surface area contributed by atoms with Gasteiger partial charge in [-0.05, 0) is 56.9 Å². The van der Waals surface area contributed by atoms with Crippen LogP contribution in [0, 0.1) is 17.2 Å². The molecule has 2 N–H and O–H groups in total. The van der Waals surface area contributed by atoms with Crippen LogP contribution < -0.4 is 21.9 Å². The highest BCUT2D eigenvalue weighted by Gasteiger charge is 2.30. The molecule has 1 aromatic carbocycles. The molecule has 12 nitrogen and oxygen atoms in total. The number of urea groups is 1. The third-order valence-electron chi connectivity index (χ3n) is 6.93. The first-order valence-corrected chi connectivity index (χ1v) is 13.4. The summed E-state index contributed by atoms with van der Waals surface area (Å²) in [7, 11) is 0. The fourth-order valence-electron chi connectivity index (χ4n) is 4.69. The van der Waals surface area contributed by atoms with E-state index < -0.39 is 18.0 Å². The van der Waals surface area contributed by atoms with Gasteiger partial charge in [0.2, 0.25) is 0 Å². The maximum Gasteiger partial charge on any atom is 0.331 e. The summed E-state index contributed by atoms with van der Waals surface area (Å²) < 4.78 is 8.47. The number of ether oxygens (including phenoxy) is 1. The number of amides is 3. The number of hydrogen-bond acceptors (Lipinski definition) is 7. The number of pyridine rings is 1. The Kier molecular flexibility index (Phi) is 7.60. The molecule has 3 heterocycles. The highest BCUT2D eigenvalue weighted by molar-refractivity contribution is 6.31. The largest absolute Gasteiger partial charge is 0.365 e. The van der Waals surface area contributed by atoms with Gasteiger partial charge in [-0.25, -0.2) is 14.6 Å². The van der Waals surface area contributed by atoms with Gasteiger partial charge >= 0.3 is 11.7 Å². The molecule has 3 aromatic rings. The van der Waals surface area contributed by atoms with Crippen molar-refractivity contribution in [3.05, 3.63) is 62.0 Å². The molecule has 2 fully saturated rings. The van der Waals surface area contributed by atoms with Crippen molar-refractivity contribution in [2.75, 3.05) is 30.3 Å². The summed E-state index contributed by atoms with van der Waals surface area (Å²) >= 11 is 5.99. The first-order chi connectivity index (χ1) is 19.2. The molecule has 0 radical (unpaired) electrons. The second-order valence-corrected chi connectivity index (χ2v) is 10.6. The molecule has 208 valence electrons. The molecule has 1 aliphatic carbocycles. The van der Waals surface area contributed by atoms with Crippen molar-refractivity contribution in [2.24, 2.45) is 5.92 Å². The van der Waals surface area contributed by atoms with Crippen molar-refractivity contribution in [3.63, 3.8) is 0 Å². The molecular formula is C27H28ClN7O5. The van der Waals surface area contributed by atoms with Crippen LogP contribution in [0.15, 0.2) is 40.1 Å². The van der Waals surface area contributed by atoms with Crippen molar-refractivity contribution in [1.29, 1.82) is 5.26 Å². The van der Waals surface area contributed by atoms with E-state index in [0.717, 1.165) is 12.8 Å². The zero-order valence-electron chi connectivity index (χ0n) is 22.0. The average Bonchev–Trinajstić information content (AvgIpc) is 3.76. The zero-order valence-corrected chi connectivity index (χ0v) is 22.8. The van der Waals surface area contributed by atoms with Gasteiger partial charge in [-0.1, -0.05) is 11.6 Å². The van der Waals surface area contributed by atoms with Gasteiger partial charge in [0.25, 0.3) is 11.5 Å². The van der Waals surface area contributed by atoms with Gasteiger partial charge in [-0.2, -0.15) is 5.26 Å². The van der Waals surface area contributed by atoms with Gasteiger partial charge in [-0.3, -0.25) is 18.7 Å². The molecule has 5 rings (SSSR count). The van der Waals surface area contributed by atoms with Crippen LogP contribution in [-0.4, -0.2) is 56.8 Å². The van der Waals surface area contributed by atoms with Crippen molar-refractivity contribution >= 4 is 45.8 Å². The Morgan fingerprint density at radius 2 is 1.98 bits per heavy atom. The molecule has 1 unspecified atom stereocenters. The SMILES string of the molecule is CC(C)n1c(=O)n(CC2CC2)c(=O)c2cc(NC(=O)N3CCOC(C(=O)Nc4cnc(C#N)c(Cl)c4)C3)ccc21. The minimum absolute atomic E-state index is 0.0101. The number of nitriles is 1. The molecule has 2 aromatic heterocycles. The maximum absolute atomic E-state index is 13.3. The lowest BCUT2D eigenvalue weighted by Gasteiger charge is -2.32. The molecule has 1 aliphatic heterocycles. The number of carbonyl (C=O) groups is 2. The second-order valence-electron chi connectivity index (χ2n) is 10.2. The Morgan fingerprint density at radius 3 is 2.65 bits per heavy atom. The van der Waals surface area contributed by atoms with E-state index in [9.17, 15) is 19.2 Å². The van der Waals surface area contributed by atoms with Crippen LogP contribution in [0.4, 0.5) is 16.2 Å². The molecule has 1 atom stereocenters. The summed E-state index contributed by atoms with van der Waals surface area (Å²) in [6, 6.07) is 7.55. The van der Waals surface area contributed by atoms with Crippen LogP contribution in [0.2, 0.25) is 5.02 Å². The zero-order chi connectivity index (χ0) is 28.6. The maximum atomic E-state index is 13.3. The lowest BCUT2D eigenvalue weighted by atomic mass is 10.2. The first-order valence-electron chi connectivity index (χ1n) is 13.0. The Bertz CT molecular complexity index is 1650.